The minimum atomic E-state index is -0.426. The third-order valence-electron chi connectivity index (χ3n) is 3.41. The van der Waals surface area contributed by atoms with Gasteiger partial charge in [-0.2, -0.15) is 0 Å². The molecule has 5 nitrogen and oxygen atoms in total. The van der Waals surface area contributed by atoms with E-state index >= 15 is 0 Å². The number of likely N-dealkylation sites (N-methyl/N-ethyl adjacent to an activating group) is 1. The van der Waals surface area contributed by atoms with Crippen LogP contribution in [0.25, 0.3) is 11.5 Å². The molecule has 1 heterocycles. The van der Waals surface area contributed by atoms with Crippen LogP contribution in [0.15, 0.2) is 70.3 Å². The van der Waals surface area contributed by atoms with Gasteiger partial charge in [-0.25, -0.2) is 0 Å². The standard InChI is InChI=1S/C18H17N3O2S/c1-21(2)17(22)15(13-9-5-3-6-10-13)24-18-20-19-16(23-18)14-11-7-4-8-12-14/h3-12,15H,1-2H3. The van der Waals surface area contributed by atoms with E-state index in [-0.39, 0.29) is 5.91 Å². The molecule has 0 aliphatic rings. The fourth-order valence-electron chi connectivity index (χ4n) is 2.18. The Labute approximate surface area is 144 Å². The van der Waals surface area contributed by atoms with Crippen LogP contribution in [0, 0.1) is 0 Å². The van der Waals surface area contributed by atoms with Crippen LogP contribution in [0.5, 0.6) is 0 Å². The van der Waals surface area contributed by atoms with Crippen molar-refractivity contribution in [2.45, 2.75) is 10.5 Å². The third-order valence-corrected chi connectivity index (χ3v) is 4.49. The second kappa shape index (κ2) is 7.31. The molecule has 24 heavy (non-hydrogen) atoms. The lowest BCUT2D eigenvalue weighted by Gasteiger charge is -2.18. The highest BCUT2D eigenvalue weighted by Gasteiger charge is 2.26. The number of carbonyl (C=O) groups excluding carboxylic acids is 1. The summed E-state index contributed by atoms with van der Waals surface area (Å²) in [5.74, 6) is 0.424. The summed E-state index contributed by atoms with van der Waals surface area (Å²) in [4.78, 5) is 14.1. The van der Waals surface area contributed by atoms with Gasteiger partial charge in [-0.15, -0.1) is 10.2 Å². The second-order valence-electron chi connectivity index (χ2n) is 5.38. The van der Waals surface area contributed by atoms with E-state index in [9.17, 15) is 4.79 Å². The zero-order valence-electron chi connectivity index (χ0n) is 13.4. The van der Waals surface area contributed by atoms with Gasteiger partial charge in [0.25, 0.3) is 5.22 Å². The Morgan fingerprint density at radius 1 is 1.00 bits per heavy atom. The molecule has 1 amide bonds. The van der Waals surface area contributed by atoms with Crippen molar-refractivity contribution in [2.75, 3.05) is 14.1 Å². The van der Waals surface area contributed by atoms with Crippen LogP contribution in [0.3, 0.4) is 0 Å². The molecule has 3 aromatic rings. The molecule has 0 saturated heterocycles. The maximum absolute atomic E-state index is 12.5. The fraction of sp³-hybridized carbons (Fsp3) is 0.167. The minimum absolute atomic E-state index is 0.0225. The van der Waals surface area contributed by atoms with Gasteiger partial charge >= 0.3 is 0 Å². The average molecular weight is 339 g/mol. The van der Waals surface area contributed by atoms with Crippen molar-refractivity contribution in [3.05, 3.63) is 66.2 Å². The highest BCUT2D eigenvalue weighted by Crippen LogP contribution is 2.36. The third kappa shape index (κ3) is 3.65. The number of amides is 1. The molecule has 1 aromatic heterocycles. The van der Waals surface area contributed by atoms with Crippen molar-refractivity contribution in [1.82, 2.24) is 15.1 Å². The van der Waals surface area contributed by atoms with Crippen molar-refractivity contribution < 1.29 is 9.21 Å². The first-order chi connectivity index (χ1) is 11.6. The smallest absolute Gasteiger partial charge is 0.277 e. The van der Waals surface area contributed by atoms with Crippen molar-refractivity contribution >= 4 is 17.7 Å². The highest BCUT2D eigenvalue weighted by molar-refractivity contribution is 8.00. The lowest BCUT2D eigenvalue weighted by Crippen LogP contribution is -2.26. The van der Waals surface area contributed by atoms with E-state index in [1.165, 1.54) is 11.8 Å². The summed E-state index contributed by atoms with van der Waals surface area (Å²) < 4.78 is 5.72. The lowest BCUT2D eigenvalue weighted by molar-refractivity contribution is -0.128. The average Bonchev–Trinajstić information content (AvgIpc) is 3.09. The number of rotatable bonds is 5. The molecule has 0 aliphatic carbocycles. The first kappa shape index (κ1) is 16.3. The van der Waals surface area contributed by atoms with Crippen LogP contribution in [0.4, 0.5) is 0 Å². The van der Waals surface area contributed by atoms with Gasteiger partial charge in [-0.05, 0) is 29.5 Å². The van der Waals surface area contributed by atoms with Gasteiger partial charge in [0.15, 0.2) is 0 Å². The molecule has 0 radical (unpaired) electrons. The van der Waals surface area contributed by atoms with E-state index in [1.807, 2.05) is 60.7 Å². The molecule has 0 fully saturated rings. The highest BCUT2D eigenvalue weighted by atomic mass is 32.2. The van der Waals surface area contributed by atoms with Crippen molar-refractivity contribution in [1.29, 1.82) is 0 Å². The normalized spacial score (nSPS) is 11.9. The quantitative estimate of drug-likeness (QED) is 0.664. The molecule has 1 unspecified atom stereocenters. The van der Waals surface area contributed by atoms with E-state index in [0.717, 1.165) is 11.1 Å². The van der Waals surface area contributed by atoms with Gasteiger partial charge < -0.3 is 9.32 Å². The van der Waals surface area contributed by atoms with Gasteiger partial charge in [-0.3, -0.25) is 4.79 Å². The van der Waals surface area contributed by atoms with E-state index in [1.54, 1.807) is 19.0 Å². The van der Waals surface area contributed by atoms with Crippen LogP contribution in [-0.4, -0.2) is 35.1 Å². The number of hydrogen-bond donors (Lipinski definition) is 0. The van der Waals surface area contributed by atoms with E-state index in [2.05, 4.69) is 10.2 Å². The van der Waals surface area contributed by atoms with E-state index < -0.39 is 5.25 Å². The van der Waals surface area contributed by atoms with E-state index in [4.69, 9.17) is 4.42 Å². The molecule has 3 rings (SSSR count). The molecule has 0 saturated carbocycles. The predicted octanol–water partition coefficient (Wildman–Crippen LogP) is 3.66. The van der Waals surface area contributed by atoms with E-state index in [0.29, 0.717) is 11.1 Å². The molecule has 0 bridgehead atoms. The summed E-state index contributed by atoms with van der Waals surface area (Å²) in [5.41, 5.74) is 1.76. The number of aromatic nitrogens is 2. The number of benzene rings is 2. The van der Waals surface area contributed by atoms with Gasteiger partial charge in [0.2, 0.25) is 11.8 Å². The zero-order valence-corrected chi connectivity index (χ0v) is 14.2. The van der Waals surface area contributed by atoms with Crippen molar-refractivity contribution in [2.24, 2.45) is 0 Å². The van der Waals surface area contributed by atoms with Gasteiger partial charge in [0.05, 0.1) is 0 Å². The molecule has 0 aliphatic heterocycles. The number of nitrogens with zero attached hydrogens (tertiary/aromatic N) is 3. The zero-order chi connectivity index (χ0) is 16.9. The topological polar surface area (TPSA) is 59.2 Å². The Morgan fingerprint density at radius 3 is 2.25 bits per heavy atom. The Hall–Kier alpha value is -2.60. The molecule has 6 heteroatoms. The van der Waals surface area contributed by atoms with Crippen LogP contribution < -0.4 is 0 Å². The summed E-state index contributed by atoms with van der Waals surface area (Å²) in [6.45, 7) is 0. The molecule has 122 valence electrons. The maximum Gasteiger partial charge on any atom is 0.277 e. The first-order valence-corrected chi connectivity index (χ1v) is 8.35. The van der Waals surface area contributed by atoms with Crippen molar-refractivity contribution in [3.8, 4) is 11.5 Å². The minimum Gasteiger partial charge on any atom is -0.411 e. The summed E-state index contributed by atoms with van der Waals surface area (Å²) in [6.07, 6.45) is 0. The second-order valence-corrected chi connectivity index (χ2v) is 6.44. The molecular weight excluding hydrogens is 322 g/mol. The molecule has 2 aromatic carbocycles. The predicted molar refractivity (Wildman–Crippen MR) is 93.5 cm³/mol. The Kier molecular flexibility index (Phi) is 4.96. The summed E-state index contributed by atoms with van der Waals surface area (Å²) in [7, 11) is 3.48. The Morgan fingerprint density at radius 2 is 1.62 bits per heavy atom. The first-order valence-electron chi connectivity index (χ1n) is 7.47. The summed E-state index contributed by atoms with van der Waals surface area (Å²) >= 11 is 1.26. The van der Waals surface area contributed by atoms with Crippen LogP contribution in [-0.2, 0) is 4.79 Å². The maximum atomic E-state index is 12.5. The molecule has 0 N–H and O–H groups in total. The molecule has 1 atom stereocenters. The number of thioether (sulfide) groups is 1. The summed E-state index contributed by atoms with van der Waals surface area (Å²) in [5, 5.41) is 8.10. The van der Waals surface area contributed by atoms with Crippen LogP contribution >= 0.6 is 11.8 Å². The van der Waals surface area contributed by atoms with Crippen LogP contribution in [0.1, 0.15) is 10.8 Å². The Balaban J connectivity index is 1.86. The van der Waals surface area contributed by atoms with Gasteiger partial charge in [-0.1, -0.05) is 48.5 Å². The summed E-state index contributed by atoms with van der Waals surface area (Å²) in [6, 6.07) is 19.2. The molecule has 0 spiro atoms. The monoisotopic (exact) mass is 339 g/mol. The largest absolute Gasteiger partial charge is 0.411 e. The van der Waals surface area contributed by atoms with Crippen molar-refractivity contribution in [3.63, 3.8) is 0 Å². The SMILES string of the molecule is CN(C)C(=O)C(Sc1nnc(-c2ccccc2)o1)c1ccccc1. The number of hydrogen-bond acceptors (Lipinski definition) is 5. The molecular formula is C18H17N3O2S. The van der Waals surface area contributed by atoms with Gasteiger partial charge in [0, 0.05) is 19.7 Å². The van der Waals surface area contributed by atoms with Gasteiger partial charge in [0.1, 0.15) is 5.25 Å². The lowest BCUT2D eigenvalue weighted by atomic mass is 10.1. The number of carbonyl (C=O) groups is 1. The fourth-order valence-corrected chi connectivity index (χ4v) is 3.20. The van der Waals surface area contributed by atoms with Crippen LogP contribution in [0.2, 0.25) is 0 Å². The Bertz CT molecular complexity index is 803.